The molecule has 1 nitrogen and oxygen atoms in total. The first-order chi connectivity index (χ1) is 6.86. The van der Waals surface area contributed by atoms with Crippen LogP contribution >= 0.6 is 0 Å². The Bertz CT molecular complexity index is 243. The van der Waals surface area contributed by atoms with Gasteiger partial charge in [-0.05, 0) is 30.5 Å². The molecule has 14 heavy (non-hydrogen) atoms. The lowest BCUT2D eigenvalue weighted by atomic mass is 10.1. The van der Waals surface area contributed by atoms with Crippen molar-refractivity contribution >= 4 is 0 Å². The van der Waals surface area contributed by atoms with E-state index >= 15 is 0 Å². The highest BCUT2D eigenvalue weighted by Gasteiger charge is 1.95. The molecule has 2 heteroatoms. The maximum Gasteiger partial charge on any atom is 0.228 e. The first-order valence-electron chi connectivity index (χ1n) is 5.14. The number of aryl methyl sites for hydroxylation is 1. The summed E-state index contributed by atoms with van der Waals surface area (Å²) in [5.74, 6) is 0.603. The third-order valence-corrected chi connectivity index (χ3v) is 2.21. The average molecular weight is 196 g/mol. The highest BCUT2D eigenvalue weighted by Crippen LogP contribution is 2.14. The Morgan fingerprint density at radius 2 is 1.86 bits per heavy atom. The normalized spacial score (nSPS) is 10.1. The lowest BCUT2D eigenvalue weighted by Gasteiger charge is -2.03. The molecule has 0 atom stereocenters. The fraction of sp³-hybridized carbons (Fsp3) is 0.500. The second kappa shape index (κ2) is 6.41. The Kier molecular flexibility index (Phi) is 5.05. The van der Waals surface area contributed by atoms with E-state index in [1.807, 2.05) is 24.3 Å². The summed E-state index contributed by atoms with van der Waals surface area (Å²) in [5, 5.41) is 0. The molecule has 0 aliphatic rings. The molecular weight excluding hydrogens is 179 g/mol. The molecule has 78 valence electrons. The summed E-state index contributed by atoms with van der Waals surface area (Å²) in [5.41, 5.74) is 1.30. The van der Waals surface area contributed by atoms with Crippen molar-refractivity contribution in [2.24, 2.45) is 0 Å². The molecule has 0 radical (unpaired) electrons. The summed E-state index contributed by atoms with van der Waals surface area (Å²) in [6.45, 7) is 1.44. The number of benzene rings is 1. The first kappa shape index (κ1) is 11.0. The highest BCUT2D eigenvalue weighted by atomic mass is 19.1. The minimum atomic E-state index is -0.755. The molecular formula is C12H17FO. The molecule has 0 saturated heterocycles. The molecule has 1 aromatic rings. The SMILES string of the molecule is CCCCCc1ccc(OCF)cc1. The summed E-state index contributed by atoms with van der Waals surface area (Å²) < 4.78 is 16.5. The molecule has 0 fully saturated rings. The number of hydrogen-bond donors (Lipinski definition) is 0. The van der Waals surface area contributed by atoms with Crippen molar-refractivity contribution in [2.75, 3.05) is 6.86 Å². The summed E-state index contributed by atoms with van der Waals surface area (Å²) in [6, 6.07) is 7.64. The quantitative estimate of drug-likeness (QED) is 0.630. The van der Waals surface area contributed by atoms with Gasteiger partial charge in [0.2, 0.25) is 6.86 Å². The molecule has 0 aliphatic carbocycles. The van der Waals surface area contributed by atoms with E-state index in [9.17, 15) is 4.39 Å². The first-order valence-corrected chi connectivity index (χ1v) is 5.14. The zero-order valence-corrected chi connectivity index (χ0v) is 8.63. The van der Waals surface area contributed by atoms with Crippen LogP contribution in [0.2, 0.25) is 0 Å². The number of halogens is 1. The van der Waals surface area contributed by atoms with E-state index in [0.29, 0.717) is 5.75 Å². The van der Waals surface area contributed by atoms with Crippen LogP contribution in [-0.2, 0) is 6.42 Å². The molecule has 0 unspecified atom stereocenters. The largest absolute Gasteiger partial charge is 0.463 e. The summed E-state index contributed by atoms with van der Waals surface area (Å²) in [7, 11) is 0. The van der Waals surface area contributed by atoms with Gasteiger partial charge in [0, 0.05) is 0 Å². The van der Waals surface area contributed by atoms with Gasteiger partial charge in [-0.15, -0.1) is 0 Å². The highest BCUT2D eigenvalue weighted by molar-refractivity contribution is 5.27. The monoisotopic (exact) mass is 196 g/mol. The lowest BCUT2D eigenvalue weighted by Crippen LogP contribution is -1.90. The van der Waals surface area contributed by atoms with Crippen molar-refractivity contribution in [3.63, 3.8) is 0 Å². The van der Waals surface area contributed by atoms with E-state index in [4.69, 9.17) is 4.74 Å². The molecule has 1 rings (SSSR count). The van der Waals surface area contributed by atoms with Crippen LogP contribution < -0.4 is 4.74 Å². The molecule has 0 N–H and O–H groups in total. The van der Waals surface area contributed by atoms with Gasteiger partial charge in [-0.2, -0.15) is 0 Å². The Morgan fingerprint density at radius 3 is 2.43 bits per heavy atom. The molecule has 0 heterocycles. The summed E-state index contributed by atoms with van der Waals surface area (Å²) >= 11 is 0. The van der Waals surface area contributed by atoms with E-state index in [-0.39, 0.29) is 0 Å². The van der Waals surface area contributed by atoms with Crippen LogP contribution in [0.3, 0.4) is 0 Å². The third-order valence-electron chi connectivity index (χ3n) is 2.21. The van der Waals surface area contributed by atoms with E-state index in [0.717, 1.165) is 6.42 Å². The van der Waals surface area contributed by atoms with Crippen LogP contribution in [0.5, 0.6) is 5.75 Å². The average Bonchev–Trinajstić information content (AvgIpc) is 2.21. The number of ether oxygens (including phenoxy) is 1. The van der Waals surface area contributed by atoms with Crippen molar-refractivity contribution in [1.82, 2.24) is 0 Å². The molecule has 0 bridgehead atoms. The topological polar surface area (TPSA) is 9.23 Å². The predicted octanol–water partition coefficient (Wildman–Crippen LogP) is 3.73. The number of alkyl halides is 1. The van der Waals surface area contributed by atoms with Gasteiger partial charge >= 0.3 is 0 Å². The predicted molar refractivity (Wildman–Crippen MR) is 56.3 cm³/mol. The fourth-order valence-electron chi connectivity index (χ4n) is 1.39. The lowest BCUT2D eigenvalue weighted by molar-refractivity contribution is 0.191. The Hall–Kier alpha value is -1.05. The van der Waals surface area contributed by atoms with Crippen molar-refractivity contribution in [2.45, 2.75) is 32.6 Å². The minimum absolute atomic E-state index is 0.603. The van der Waals surface area contributed by atoms with Gasteiger partial charge in [-0.3, -0.25) is 0 Å². The molecule has 0 saturated carbocycles. The van der Waals surface area contributed by atoms with E-state index < -0.39 is 6.86 Å². The fourth-order valence-corrected chi connectivity index (χ4v) is 1.39. The number of unbranched alkanes of at least 4 members (excludes halogenated alkanes) is 2. The van der Waals surface area contributed by atoms with Crippen LogP contribution in [0.1, 0.15) is 31.7 Å². The van der Waals surface area contributed by atoms with Gasteiger partial charge in [0.05, 0.1) is 0 Å². The Morgan fingerprint density at radius 1 is 1.14 bits per heavy atom. The minimum Gasteiger partial charge on any atom is -0.463 e. The smallest absolute Gasteiger partial charge is 0.228 e. The van der Waals surface area contributed by atoms with Gasteiger partial charge in [0.15, 0.2) is 0 Å². The zero-order chi connectivity index (χ0) is 10.2. The van der Waals surface area contributed by atoms with Gasteiger partial charge in [0.1, 0.15) is 5.75 Å². The Labute approximate surface area is 84.9 Å². The molecule has 0 spiro atoms. The third kappa shape index (κ3) is 3.77. The summed E-state index contributed by atoms with van der Waals surface area (Å²) in [4.78, 5) is 0. The van der Waals surface area contributed by atoms with E-state index in [2.05, 4.69) is 6.92 Å². The molecule has 0 aromatic heterocycles. The summed E-state index contributed by atoms with van der Waals surface area (Å²) in [6.07, 6.45) is 4.83. The van der Waals surface area contributed by atoms with Crippen molar-refractivity contribution in [3.05, 3.63) is 29.8 Å². The van der Waals surface area contributed by atoms with Gasteiger partial charge in [0.25, 0.3) is 0 Å². The van der Waals surface area contributed by atoms with E-state index in [1.165, 1.54) is 24.8 Å². The van der Waals surface area contributed by atoms with E-state index in [1.54, 1.807) is 0 Å². The van der Waals surface area contributed by atoms with Gasteiger partial charge < -0.3 is 4.74 Å². The van der Waals surface area contributed by atoms with Crippen molar-refractivity contribution in [1.29, 1.82) is 0 Å². The van der Waals surface area contributed by atoms with Crippen LogP contribution in [0.25, 0.3) is 0 Å². The molecule has 1 aromatic carbocycles. The molecule has 0 aliphatic heterocycles. The van der Waals surface area contributed by atoms with Crippen LogP contribution in [0.4, 0.5) is 4.39 Å². The van der Waals surface area contributed by atoms with Crippen LogP contribution in [0.15, 0.2) is 24.3 Å². The maximum absolute atomic E-state index is 11.8. The Balaban J connectivity index is 2.38. The van der Waals surface area contributed by atoms with Gasteiger partial charge in [-0.25, -0.2) is 4.39 Å². The zero-order valence-electron chi connectivity index (χ0n) is 8.63. The second-order valence-corrected chi connectivity index (χ2v) is 3.35. The maximum atomic E-state index is 11.8. The number of hydrogen-bond acceptors (Lipinski definition) is 1. The standard InChI is InChI=1S/C12H17FO/c1-2-3-4-5-11-6-8-12(9-7-11)14-10-13/h6-9H,2-5,10H2,1H3. The van der Waals surface area contributed by atoms with Crippen molar-refractivity contribution in [3.8, 4) is 5.75 Å². The van der Waals surface area contributed by atoms with Crippen molar-refractivity contribution < 1.29 is 9.13 Å². The van der Waals surface area contributed by atoms with Crippen LogP contribution in [-0.4, -0.2) is 6.86 Å². The second-order valence-electron chi connectivity index (χ2n) is 3.35. The van der Waals surface area contributed by atoms with Gasteiger partial charge in [-0.1, -0.05) is 31.9 Å². The number of rotatable bonds is 6. The molecule has 0 amide bonds. The van der Waals surface area contributed by atoms with Crippen LogP contribution in [0, 0.1) is 0 Å².